The van der Waals surface area contributed by atoms with E-state index >= 15 is 0 Å². The molecular weight excluding hydrogens is 544 g/mol. The van der Waals surface area contributed by atoms with Crippen molar-refractivity contribution >= 4 is 41.5 Å². The Bertz CT molecular complexity index is 1020. The lowest BCUT2D eigenvalue weighted by atomic mass is 9.90. The molecule has 9 heteroatoms. The average molecular weight is 572 g/mol. The number of rotatable bonds is 6. The summed E-state index contributed by atoms with van der Waals surface area (Å²) in [6.07, 6.45) is -2.34. The summed E-state index contributed by atoms with van der Waals surface area (Å²) in [5.41, 5.74) is 1.63. The van der Waals surface area contributed by atoms with Crippen molar-refractivity contribution < 1.29 is 18.0 Å². The van der Waals surface area contributed by atoms with Crippen molar-refractivity contribution in [1.29, 1.82) is 0 Å². The molecule has 5 nitrogen and oxygen atoms in total. The summed E-state index contributed by atoms with van der Waals surface area (Å²) in [6, 6.07) is 13.3. The molecule has 33 heavy (non-hydrogen) atoms. The molecule has 2 aliphatic rings. The van der Waals surface area contributed by atoms with Crippen LogP contribution in [0.25, 0.3) is 0 Å². The molecule has 0 saturated heterocycles. The third-order valence-corrected chi connectivity index (χ3v) is 6.16. The van der Waals surface area contributed by atoms with Gasteiger partial charge in [-0.15, -0.1) is 24.0 Å². The fourth-order valence-electron chi connectivity index (χ4n) is 4.19. The smallest absolute Gasteiger partial charge is 0.357 e. The predicted octanol–water partition coefficient (Wildman–Crippen LogP) is 5.04. The lowest BCUT2D eigenvalue weighted by Gasteiger charge is -2.26. The second-order valence-electron chi connectivity index (χ2n) is 8.47. The van der Waals surface area contributed by atoms with Crippen molar-refractivity contribution in [3.05, 3.63) is 65.2 Å². The van der Waals surface area contributed by atoms with E-state index in [1.165, 1.54) is 12.1 Å². The molecule has 0 aromatic heterocycles. The first-order chi connectivity index (χ1) is 15.3. The van der Waals surface area contributed by atoms with Gasteiger partial charge in [0.2, 0.25) is 5.91 Å². The Morgan fingerprint density at radius 2 is 1.91 bits per heavy atom. The molecule has 2 aromatic rings. The number of para-hydroxylation sites is 1. The number of carbonyl (C=O) groups excluding carboxylic acids is 1. The summed E-state index contributed by atoms with van der Waals surface area (Å²) >= 11 is 0. The number of fused-ring (bicyclic) bond motifs is 1. The minimum atomic E-state index is -4.35. The Morgan fingerprint density at radius 1 is 1.15 bits per heavy atom. The monoisotopic (exact) mass is 572 g/mol. The summed E-state index contributed by atoms with van der Waals surface area (Å²) in [6.45, 7) is 3.56. The second kappa shape index (κ2) is 10.3. The molecule has 1 unspecified atom stereocenters. The van der Waals surface area contributed by atoms with Crippen LogP contribution in [0, 0.1) is 0 Å². The van der Waals surface area contributed by atoms with E-state index in [1.54, 1.807) is 6.07 Å². The SMILES string of the molecule is CCNC(=NCC1(c2cccc(C(F)(F)F)c2)CC1)NCC1CC(=O)Nc2ccccc21.I. The zero-order valence-corrected chi connectivity index (χ0v) is 20.7. The fraction of sp³-hybridized carbons (Fsp3) is 0.417. The van der Waals surface area contributed by atoms with Crippen LogP contribution >= 0.6 is 24.0 Å². The lowest BCUT2D eigenvalue weighted by Crippen LogP contribution is -2.41. The van der Waals surface area contributed by atoms with Crippen molar-refractivity contribution in [2.75, 3.05) is 25.0 Å². The lowest BCUT2D eigenvalue weighted by molar-refractivity contribution is -0.137. The van der Waals surface area contributed by atoms with Gasteiger partial charge in [0.25, 0.3) is 0 Å². The van der Waals surface area contributed by atoms with Gasteiger partial charge in [0.05, 0.1) is 12.1 Å². The summed E-state index contributed by atoms with van der Waals surface area (Å²) in [4.78, 5) is 16.8. The van der Waals surface area contributed by atoms with Crippen LogP contribution in [-0.4, -0.2) is 31.5 Å². The number of guanidine groups is 1. The third-order valence-electron chi connectivity index (χ3n) is 6.16. The molecule has 1 fully saturated rings. The number of anilines is 1. The Labute approximate surface area is 208 Å². The molecule has 1 saturated carbocycles. The van der Waals surface area contributed by atoms with Crippen LogP contribution in [0.15, 0.2) is 53.5 Å². The Morgan fingerprint density at radius 3 is 2.61 bits per heavy atom. The summed E-state index contributed by atoms with van der Waals surface area (Å²) in [5, 5.41) is 9.42. The highest BCUT2D eigenvalue weighted by Crippen LogP contribution is 2.49. The molecule has 4 rings (SSSR count). The molecule has 0 radical (unpaired) electrons. The van der Waals surface area contributed by atoms with Gasteiger partial charge in [0.1, 0.15) is 0 Å². The zero-order chi connectivity index (χ0) is 22.8. The number of amides is 1. The minimum absolute atomic E-state index is 0. The number of benzene rings is 2. The van der Waals surface area contributed by atoms with Gasteiger partial charge in [-0.1, -0.05) is 36.4 Å². The summed E-state index contributed by atoms with van der Waals surface area (Å²) in [7, 11) is 0. The van der Waals surface area contributed by atoms with Gasteiger partial charge in [0.15, 0.2) is 5.96 Å². The van der Waals surface area contributed by atoms with Crippen LogP contribution in [0.5, 0.6) is 0 Å². The first kappa shape index (κ1) is 25.3. The standard InChI is InChI=1S/C24H27F3N4O.HI/c1-2-28-22(29-14-16-12-21(32)31-20-9-4-3-8-19(16)20)30-15-23(10-11-23)17-6-5-7-18(13-17)24(25,26)27;/h3-9,13,16H,2,10-12,14-15H2,1H3,(H,31,32)(H2,28,29,30);1H. The topological polar surface area (TPSA) is 65.5 Å². The van der Waals surface area contributed by atoms with Crippen LogP contribution in [0.2, 0.25) is 0 Å². The molecule has 2 aromatic carbocycles. The second-order valence-corrected chi connectivity index (χ2v) is 8.47. The van der Waals surface area contributed by atoms with Gasteiger partial charge in [-0.05, 0) is 43.0 Å². The minimum Gasteiger partial charge on any atom is -0.357 e. The molecule has 0 bridgehead atoms. The number of nitrogens with zero attached hydrogens (tertiary/aromatic N) is 1. The van der Waals surface area contributed by atoms with E-state index in [2.05, 4.69) is 20.9 Å². The van der Waals surface area contributed by atoms with Gasteiger partial charge in [0, 0.05) is 36.5 Å². The highest BCUT2D eigenvalue weighted by atomic mass is 127. The quantitative estimate of drug-likeness (QED) is 0.259. The van der Waals surface area contributed by atoms with Crippen molar-refractivity contribution in [2.45, 2.75) is 43.7 Å². The van der Waals surface area contributed by atoms with Crippen LogP contribution in [-0.2, 0) is 16.4 Å². The number of carbonyl (C=O) groups is 1. The molecule has 1 aliphatic heterocycles. The molecule has 1 aliphatic carbocycles. The third kappa shape index (κ3) is 5.99. The van der Waals surface area contributed by atoms with Crippen molar-refractivity contribution in [3.8, 4) is 0 Å². The van der Waals surface area contributed by atoms with Gasteiger partial charge in [-0.3, -0.25) is 9.79 Å². The largest absolute Gasteiger partial charge is 0.416 e. The van der Waals surface area contributed by atoms with E-state index in [9.17, 15) is 18.0 Å². The maximum atomic E-state index is 13.1. The predicted molar refractivity (Wildman–Crippen MR) is 134 cm³/mol. The molecular formula is C24H28F3IN4O. The van der Waals surface area contributed by atoms with Gasteiger partial charge >= 0.3 is 6.18 Å². The average Bonchev–Trinajstić information content (AvgIpc) is 3.56. The van der Waals surface area contributed by atoms with E-state index in [0.29, 0.717) is 37.6 Å². The van der Waals surface area contributed by atoms with Crippen LogP contribution in [0.1, 0.15) is 48.8 Å². The zero-order valence-electron chi connectivity index (χ0n) is 18.3. The summed E-state index contributed by atoms with van der Waals surface area (Å²) in [5.74, 6) is 0.607. The first-order valence-electron chi connectivity index (χ1n) is 10.9. The number of halogens is 4. The van der Waals surface area contributed by atoms with Gasteiger partial charge in [-0.2, -0.15) is 13.2 Å². The van der Waals surface area contributed by atoms with E-state index in [0.717, 1.165) is 30.2 Å². The highest BCUT2D eigenvalue weighted by molar-refractivity contribution is 14.0. The summed E-state index contributed by atoms with van der Waals surface area (Å²) < 4.78 is 39.4. The van der Waals surface area contributed by atoms with E-state index < -0.39 is 11.7 Å². The molecule has 0 spiro atoms. The van der Waals surface area contributed by atoms with Crippen LogP contribution in [0.3, 0.4) is 0 Å². The van der Waals surface area contributed by atoms with Crippen molar-refractivity contribution in [1.82, 2.24) is 10.6 Å². The number of nitrogens with one attached hydrogen (secondary N) is 3. The Kier molecular flexibility index (Phi) is 7.92. The number of aliphatic imine (C=N–C) groups is 1. The maximum Gasteiger partial charge on any atom is 0.416 e. The Balaban J connectivity index is 0.00000306. The number of alkyl halides is 3. The maximum absolute atomic E-state index is 13.1. The normalized spacial score (nSPS) is 19.1. The van der Waals surface area contributed by atoms with Crippen LogP contribution in [0.4, 0.5) is 18.9 Å². The molecule has 1 atom stereocenters. The Hall–Kier alpha value is -2.30. The van der Waals surface area contributed by atoms with Gasteiger partial charge in [-0.25, -0.2) is 0 Å². The molecule has 1 amide bonds. The first-order valence-corrected chi connectivity index (χ1v) is 10.9. The molecule has 1 heterocycles. The highest BCUT2D eigenvalue weighted by Gasteiger charge is 2.45. The van der Waals surface area contributed by atoms with E-state index in [-0.39, 0.29) is 41.2 Å². The van der Waals surface area contributed by atoms with Crippen LogP contribution < -0.4 is 16.0 Å². The molecule has 3 N–H and O–H groups in total. The van der Waals surface area contributed by atoms with E-state index in [1.807, 2.05) is 31.2 Å². The number of hydrogen-bond donors (Lipinski definition) is 3. The van der Waals surface area contributed by atoms with Gasteiger partial charge < -0.3 is 16.0 Å². The number of hydrogen-bond acceptors (Lipinski definition) is 2. The van der Waals surface area contributed by atoms with E-state index in [4.69, 9.17) is 0 Å². The van der Waals surface area contributed by atoms with Crippen molar-refractivity contribution in [3.63, 3.8) is 0 Å². The fourth-order valence-corrected chi connectivity index (χ4v) is 4.19. The molecule has 178 valence electrons. The van der Waals surface area contributed by atoms with Crippen molar-refractivity contribution in [2.24, 2.45) is 4.99 Å².